The van der Waals surface area contributed by atoms with Gasteiger partial charge in [0.2, 0.25) is 5.91 Å². The maximum absolute atomic E-state index is 12.4. The lowest BCUT2D eigenvalue weighted by molar-refractivity contribution is -0.116. The summed E-state index contributed by atoms with van der Waals surface area (Å²) in [4.78, 5) is 12.4. The molecular weight excluding hydrogens is 356 g/mol. The fourth-order valence-corrected chi connectivity index (χ4v) is 2.95. The second-order valence-electron chi connectivity index (χ2n) is 5.40. The molecule has 3 rings (SSSR count). The van der Waals surface area contributed by atoms with Gasteiger partial charge in [-0.2, -0.15) is 0 Å². The molecule has 1 aromatic heterocycles. The van der Waals surface area contributed by atoms with Gasteiger partial charge in [-0.15, -0.1) is 0 Å². The molecule has 0 fully saturated rings. The van der Waals surface area contributed by atoms with Crippen LogP contribution < -0.4 is 10.1 Å². The Hall–Kier alpha value is -2.27. The Balaban J connectivity index is 1.80. The number of methoxy groups -OCH3 is 1. The van der Waals surface area contributed by atoms with Crippen molar-refractivity contribution in [3.05, 3.63) is 58.7 Å². The van der Waals surface area contributed by atoms with Crippen molar-refractivity contribution in [3.8, 4) is 5.75 Å². The third kappa shape index (κ3) is 3.40. The summed E-state index contributed by atoms with van der Waals surface area (Å²) >= 11 is 3.46. The van der Waals surface area contributed by atoms with Crippen molar-refractivity contribution in [3.63, 3.8) is 0 Å². The molecule has 4 nitrogen and oxygen atoms in total. The second kappa shape index (κ2) is 6.46. The number of halogens is 1. The Kier molecular flexibility index (Phi) is 4.39. The number of hydrogen-bond donors (Lipinski definition) is 1. The number of ether oxygens (including phenoxy) is 1. The highest BCUT2D eigenvalue weighted by molar-refractivity contribution is 9.10. The van der Waals surface area contributed by atoms with Gasteiger partial charge < -0.3 is 14.6 Å². The SMILES string of the molecule is COc1ccc(C)cc1NC(=O)Cn1ccc2cc(Br)ccc21. The van der Waals surface area contributed by atoms with Crippen LogP contribution in [0, 0.1) is 6.92 Å². The second-order valence-corrected chi connectivity index (χ2v) is 6.31. The molecule has 1 heterocycles. The van der Waals surface area contributed by atoms with E-state index in [1.807, 2.05) is 60.2 Å². The lowest BCUT2D eigenvalue weighted by Crippen LogP contribution is -2.18. The lowest BCUT2D eigenvalue weighted by Gasteiger charge is -2.12. The number of carbonyl (C=O) groups is 1. The van der Waals surface area contributed by atoms with Gasteiger partial charge >= 0.3 is 0 Å². The first-order valence-corrected chi connectivity index (χ1v) is 8.05. The minimum absolute atomic E-state index is 0.0886. The number of aromatic nitrogens is 1. The molecule has 23 heavy (non-hydrogen) atoms. The van der Waals surface area contributed by atoms with Crippen molar-refractivity contribution < 1.29 is 9.53 Å². The molecule has 0 atom stereocenters. The van der Waals surface area contributed by atoms with Crippen LogP contribution in [-0.4, -0.2) is 17.6 Å². The Labute approximate surface area is 143 Å². The number of anilines is 1. The molecule has 2 aromatic carbocycles. The van der Waals surface area contributed by atoms with Gasteiger partial charge in [0.05, 0.1) is 12.8 Å². The first-order valence-electron chi connectivity index (χ1n) is 7.26. The smallest absolute Gasteiger partial charge is 0.244 e. The molecule has 1 N–H and O–H groups in total. The topological polar surface area (TPSA) is 43.3 Å². The number of nitrogens with one attached hydrogen (secondary N) is 1. The van der Waals surface area contributed by atoms with Crippen molar-refractivity contribution in [1.29, 1.82) is 0 Å². The van der Waals surface area contributed by atoms with E-state index in [4.69, 9.17) is 4.74 Å². The average molecular weight is 373 g/mol. The minimum atomic E-state index is -0.0886. The maximum Gasteiger partial charge on any atom is 0.244 e. The predicted octanol–water partition coefficient (Wildman–Crippen LogP) is 4.36. The van der Waals surface area contributed by atoms with Crippen LogP contribution in [0.15, 0.2) is 53.1 Å². The fourth-order valence-electron chi connectivity index (χ4n) is 2.57. The maximum atomic E-state index is 12.4. The van der Waals surface area contributed by atoms with Crippen molar-refractivity contribution in [2.24, 2.45) is 0 Å². The standard InChI is InChI=1S/C18H17BrN2O2/c1-12-3-6-17(23-2)15(9-12)20-18(22)11-21-8-7-13-10-14(19)4-5-16(13)21/h3-10H,11H2,1-2H3,(H,20,22). The highest BCUT2D eigenvalue weighted by Gasteiger charge is 2.10. The third-order valence-corrected chi connectivity index (χ3v) is 4.17. The zero-order valence-corrected chi connectivity index (χ0v) is 14.6. The number of carbonyl (C=O) groups excluding carboxylic acids is 1. The quantitative estimate of drug-likeness (QED) is 0.739. The summed E-state index contributed by atoms with van der Waals surface area (Å²) in [6.45, 7) is 2.23. The Morgan fingerprint density at radius 1 is 1.22 bits per heavy atom. The normalized spacial score (nSPS) is 10.7. The van der Waals surface area contributed by atoms with Crippen LogP contribution in [0.5, 0.6) is 5.75 Å². The highest BCUT2D eigenvalue weighted by atomic mass is 79.9. The number of rotatable bonds is 4. The number of nitrogens with zero attached hydrogens (tertiary/aromatic N) is 1. The molecule has 5 heteroatoms. The van der Waals surface area contributed by atoms with Crippen LogP contribution in [0.2, 0.25) is 0 Å². The summed E-state index contributed by atoms with van der Waals surface area (Å²) < 4.78 is 8.25. The number of amides is 1. The van der Waals surface area contributed by atoms with Crippen LogP contribution >= 0.6 is 15.9 Å². The third-order valence-electron chi connectivity index (χ3n) is 3.68. The number of hydrogen-bond acceptors (Lipinski definition) is 2. The van der Waals surface area contributed by atoms with E-state index in [-0.39, 0.29) is 12.5 Å². The van der Waals surface area contributed by atoms with Gasteiger partial charge in [-0.05, 0) is 48.9 Å². The Morgan fingerprint density at radius 3 is 2.83 bits per heavy atom. The molecule has 0 bridgehead atoms. The van der Waals surface area contributed by atoms with Crippen LogP contribution in [0.1, 0.15) is 5.56 Å². The summed E-state index contributed by atoms with van der Waals surface area (Å²) in [5.74, 6) is 0.569. The summed E-state index contributed by atoms with van der Waals surface area (Å²) in [7, 11) is 1.59. The van der Waals surface area contributed by atoms with Gasteiger partial charge in [0.1, 0.15) is 12.3 Å². The Morgan fingerprint density at radius 2 is 2.04 bits per heavy atom. The van der Waals surface area contributed by atoms with Crippen LogP contribution in [0.3, 0.4) is 0 Å². The Bertz CT molecular complexity index is 871. The number of aryl methyl sites for hydroxylation is 1. The predicted molar refractivity (Wildman–Crippen MR) is 96.0 cm³/mol. The molecule has 0 radical (unpaired) electrons. The summed E-state index contributed by atoms with van der Waals surface area (Å²) in [5.41, 5.74) is 2.79. The van der Waals surface area contributed by atoms with E-state index < -0.39 is 0 Å². The van der Waals surface area contributed by atoms with E-state index in [9.17, 15) is 4.79 Å². The molecule has 0 aliphatic carbocycles. The fraction of sp³-hybridized carbons (Fsp3) is 0.167. The van der Waals surface area contributed by atoms with Crippen molar-refractivity contribution in [2.75, 3.05) is 12.4 Å². The van der Waals surface area contributed by atoms with E-state index >= 15 is 0 Å². The first-order chi connectivity index (χ1) is 11.1. The number of benzene rings is 2. The number of fused-ring (bicyclic) bond motifs is 1. The van der Waals surface area contributed by atoms with Gasteiger partial charge in [-0.1, -0.05) is 22.0 Å². The summed E-state index contributed by atoms with van der Waals surface area (Å²) in [6.07, 6.45) is 1.92. The van der Waals surface area contributed by atoms with E-state index in [1.54, 1.807) is 7.11 Å². The first kappa shape index (κ1) is 15.6. The molecule has 0 saturated carbocycles. The molecule has 0 aliphatic heterocycles. The zero-order chi connectivity index (χ0) is 16.4. The van der Waals surface area contributed by atoms with E-state index in [0.717, 1.165) is 20.9 Å². The van der Waals surface area contributed by atoms with Gasteiger partial charge in [-0.3, -0.25) is 4.79 Å². The molecule has 0 unspecified atom stereocenters. The molecule has 0 aliphatic rings. The minimum Gasteiger partial charge on any atom is -0.495 e. The van der Waals surface area contributed by atoms with E-state index in [2.05, 4.69) is 21.2 Å². The highest BCUT2D eigenvalue weighted by Crippen LogP contribution is 2.25. The van der Waals surface area contributed by atoms with E-state index in [1.165, 1.54) is 0 Å². The van der Waals surface area contributed by atoms with Crippen LogP contribution in [0.25, 0.3) is 10.9 Å². The van der Waals surface area contributed by atoms with Crippen molar-refractivity contribution in [1.82, 2.24) is 4.57 Å². The monoisotopic (exact) mass is 372 g/mol. The lowest BCUT2D eigenvalue weighted by atomic mass is 10.2. The molecule has 0 saturated heterocycles. The van der Waals surface area contributed by atoms with Crippen molar-refractivity contribution in [2.45, 2.75) is 13.5 Å². The van der Waals surface area contributed by atoms with E-state index in [0.29, 0.717) is 11.4 Å². The molecule has 0 spiro atoms. The van der Waals surface area contributed by atoms with Gasteiger partial charge in [0.25, 0.3) is 0 Å². The van der Waals surface area contributed by atoms with Gasteiger partial charge in [0.15, 0.2) is 0 Å². The average Bonchev–Trinajstić information content (AvgIpc) is 2.89. The summed E-state index contributed by atoms with van der Waals surface area (Å²) in [5, 5.41) is 4.02. The largest absolute Gasteiger partial charge is 0.495 e. The van der Waals surface area contributed by atoms with Crippen molar-refractivity contribution >= 4 is 38.4 Å². The molecular formula is C18H17BrN2O2. The van der Waals surface area contributed by atoms with Gasteiger partial charge in [0, 0.05) is 21.6 Å². The zero-order valence-electron chi connectivity index (χ0n) is 13.0. The molecule has 118 valence electrons. The summed E-state index contributed by atoms with van der Waals surface area (Å²) in [6, 6.07) is 13.7. The molecule has 1 amide bonds. The molecule has 3 aromatic rings. The van der Waals surface area contributed by atoms with Crippen LogP contribution in [-0.2, 0) is 11.3 Å². The van der Waals surface area contributed by atoms with Crippen LogP contribution in [0.4, 0.5) is 5.69 Å². The van der Waals surface area contributed by atoms with Gasteiger partial charge in [-0.25, -0.2) is 0 Å².